The molecule has 4 aliphatic rings. The SMILES string of the molecule is C[Si](C)(C)CCCNc1nc(Cl)nc2c1ncn2[C@@H]1O[C@H](CO)[C@@H](O)[C@H]1F.C[Si](C)(CNc1nc(Cl)nc2c1ncn2[C@@H]1O[C@H](CO)[C@@H](O)[C@H]1F)c1ccccc1.C[Si](CCCNc1nc(Cl)nc2c1ncn2[C@@H]1O[C@H](CO)[C@@H](O)[C@H]1F)(c1ccccc1)c1ccccc1.Cc1cc([Si](C)(C)C)ccc1Nc1nc(Cl)nc2c1ncn2[C@@H]1O[C@H](CO)[C@@H](O)[C@H]1F. The van der Waals surface area contributed by atoms with Crippen LogP contribution >= 0.6 is 46.4 Å². The van der Waals surface area contributed by atoms with Crippen LogP contribution in [0.5, 0.6) is 0 Å². The van der Waals surface area contributed by atoms with E-state index in [4.69, 9.17) is 65.4 Å². The molecule has 12 N–H and O–H groups in total. The molecule has 4 aromatic carbocycles. The zero-order chi connectivity index (χ0) is 89.7. The van der Waals surface area contributed by atoms with Crippen LogP contribution in [0.4, 0.5) is 46.5 Å². The molecule has 44 heteroatoms. The van der Waals surface area contributed by atoms with Gasteiger partial charge in [-0.3, -0.25) is 18.3 Å². The van der Waals surface area contributed by atoms with E-state index in [2.05, 4.69) is 213 Å². The van der Waals surface area contributed by atoms with Crippen molar-refractivity contribution in [1.29, 1.82) is 0 Å². The highest BCUT2D eigenvalue weighted by molar-refractivity contribution is 7.01. The van der Waals surface area contributed by atoms with E-state index in [1.807, 2.05) is 43.3 Å². The van der Waals surface area contributed by atoms with Crippen LogP contribution < -0.4 is 42.0 Å². The fraction of sp³-hybridized carbons (Fsp3) is 0.457. The molecule has 0 bridgehead atoms. The van der Waals surface area contributed by atoms with E-state index in [0.29, 0.717) is 63.7 Å². The standard InChI is InChI=1S/C26H29ClFN5O3Si.C20H25ClFN5O3Si.C19H23ClFN5O3Si.C16H25ClFN5O3Si/c1-37(17-9-4-2-5-10-17,18-11-6-3-7-12-18)14-8-13-29-23-21-24(32-26(27)31-23)33(16-30-21)25-20(28)22(35)19(15-34)36-25;1-10-7-11(31(2,3)4)5-6-12(10)24-17-15-18(26-20(21)25-17)27(9-23-15)19-14(22)16(29)13(8-28)30-19;1-30(2,11-6-4-3-5-7-11)10-23-16-14-17(25-19(20)24-16)26(9-22-14)18-13(21)15(28)12(8-27)29-18;1-27(2,3)6-4-5-19-13-11-14(22-16(17)21-13)23(8-20-11)15-10(18)12(25)9(7-24)26-15/h2-7,9-12,16,19-20,22,25,34-35H,8,13-15H2,1H3,(H,29,31,32);5-7,9,13-14,16,19,28-29H,8H2,1-4H3,(H,24,25,26);3-7,9,12-13,15,18,27-28H,8,10H2,1-2H3,(H,23,24,25);8-10,12,15,24-25H,4-7H2,1-3H3,(H,19,21,22)/t19-,20-,22-,25-;13-,14-,16-,19-;12-,13-,15-,18-;9-,10-,12-,15-/m1111/s1. The second-order valence-electron chi connectivity index (χ2n) is 34.1. The topological polar surface area (TPSA) is 421 Å². The number of ether oxygens (including phenoxy) is 4. The first-order valence-electron chi connectivity index (χ1n) is 40.8. The van der Waals surface area contributed by atoms with E-state index in [9.17, 15) is 58.4 Å². The van der Waals surface area contributed by atoms with Crippen molar-refractivity contribution in [3.05, 3.63) is 161 Å². The zero-order valence-corrected chi connectivity index (χ0v) is 77.1. The molecule has 16 atom stereocenters. The molecule has 32 nitrogen and oxygen atoms in total. The third-order valence-electron chi connectivity index (χ3n) is 22.5. The summed E-state index contributed by atoms with van der Waals surface area (Å²) in [5.41, 5.74) is 4.73. The van der Waals surface area contributed by atoms with Gasteiger partial charge in [-0.05, 0) is 83.8 Å². The van der Waals surface area contributed by atoms with E-state index in [-0.39, 0.29) is 38.1 Å². The van der Waals surface area contributed by atoms with Crippen molar-refractivity contribution >= 4 is 173 Å². The smallest absolute Gasteiger partial charge is 0.226 e. The minimum absolute atomic E-state index is 0.00427. The highest BCUT2D eigenvalue weighted by Gasteiger charge is 2.50. The number of aromatic nitrogens is 16. The predicted octanol–water partition coefficient (Wildman–Crippen LogP) is 9.27. The van der Waals surface area contributed by atoms with Crippen molar-refractivity contribution in [3.63, 3.8) is 0 Å². The lowest BCUT2D eigenvalue weighted by atomic mass is 10.1. The zero-order valence-electron chi connectivity index (χ0n) is 70.1. The molecule has 0 radical (unpaired) electrons. The highest BCUT2D eigenvalue weighted by atomic mass is 35.5. The van der Waals surface area contributed by atoms with Crippen LogP contribution in [-0.2, 0) is 18.9 Å². The Morgan fingerprint density at radius 2 is 0.704 bits per heavy atom. The maximum Gasteiger partial charge on any atom is 0.226 e. The predicted molar refractivity (Wildman–Crippen MR) is 481 cm³/mol. The van der Waals surface area contributed by atoms with E-state index in [0.717, 1.165) is 36.7 Å². The van der Waals surface area contributed by atoms with Gasteiger partial charge >= 0.3 is 0 Å². The Morgan fingerprint density at radius 1 is 0.392 bits per heavy atom. The molecule has 0 saturated carbocycles. The molecule has 0 aliphatic carbocycles. The maximum atomic E-state index is 14.7. The first-order chi connectivity index (χ1) is 59.5. The minimum atomic E-state index is -1.96. The first-order valence-corrected chi connectivity index (χ1v) is 55.4. The summed E-state index contributed by atoms with van der Waals surface area (Å²) in [6.45, 7) is 22.1. The Balaban J connectivity index is 0.000000144. The molecule has 12 heterocycles. The molecule has 16 rings (SSSR count). The van der Waals surface area contributed by atoms with E-state index >= 15 is 0 Å². The Kier molecular flexibility index (Phi) is 30.2. The molecule has 0 spiro atoms. The molecule has 0 unspecified atom stereocenters. The Morgan fingerprint density at radius 3 is 1.02 bits per heavy atom. The van der Waals surface area contributed by atoms with Crippen molar-refractivity contribution in [2.75, 3.05) is 67.0 Å². The fourth-order valence-corrected chi connectivity index (χ4v) is 24.0. The summed E-state index contributed by atoms with van der Waals surface area (Å²) < 4.78 is 85.8. The van der Waals surface area contributed by atoms with Gasteiger partial charge in [0.25, 0.3) is 0 Å². The second-order valence-corrected chi connectivity index (χ2v) is 55.2. The number of hydrogen-bond acceptors (Lipinski definition) is 28. The molecule has 12 aromatic rings. The van der Waals surface area contributed by atoms with Crippen molar-refractivity contribution < 1.29 is 77.4 Å². The van der Waals surface area contributed by atoms with Gasteiger partial charge in [-0.25, -0.2) is 37.5 Å². The number of benzene rings is 4. The summed E-state index contributed by atoms with van der Waals surface area (Å²) in [6, 6.07) is 40.1. The fourth-order valence-electron chi connectivity index (χ4n) is 15.3. The summed E-state index contributed by atoms with van der Waals surface area (Å²) in [4.78, 5) is 51.1. The number of aliphatic hydroxyl groups excluding tert-OH is 8. The number of aliphatic hydroxyl groups is 8. The lowest BCUT2D eigenvalue weighted by Gasteiger charge is -2.29. The van der Waals surface area contributed by atoms with Crippen LogP contribution in [0.3, 0.4) is 0 Å². The molecular formula is C81H102Cl4F4N20O12Si4. The Bertz CT molecular complexity index is 5620. The molecule has 4 fully saturated rings. The van der Waals surface area contributed by atoms with Gasteiger partial charge in [0.15, 0.2) is 118 Å². The van der Waals surface area contributed by atoms with Gasteiger partial charge < -0.3 is 81.1 Å². The number of nitrogens with zero attached hydrogens (tertiary/aromatic N) is 16. The normalized spacial score (nSPS) is 24.0. The molecule has 0 amide bonds. The molecule has 125 heavy (non-hydrogen) atoms. The number of hydrogen-bond donors (Lipinski definition) is 12. The van der Waals surface area contributed by atoms with Gasteiger partial charge in [0.2, 0.25) is 21.1 Å². The van der Waals surface area contributed by atoms with E-state index < -0.39 is 157 Å². The van der Waals surface area contributed by atoms with Crippen LogP contribution in [0, 0.1) is 6.92 Å². The summed E-state index contributed by atoms with van der Waals surface area (Å²) in [5, 5.41) is 95.4. The van der Waals surface area contributed by atoms with Crippen molar-refractivity contribution in [3.8, 4) is 0 Å². The second kappa shape index (κ2) is 40.1. The molecule has 670 valence electrons. The molecule has 4 aliphatic heterocycles. The van der Waals surface area contributed by atoms with Crippen molar-refractivity contribution in [2.45, 2.75) is 189 Å². The number of imidazole rings is 4. The summed E-state index contributed by atoms with van der Waals surface area (Å²) >= 11 is 24.5. The molecule has 4 saturated heterocycles. The summed E-state index contributed by atoms with van der Waals surface area (Å²) in [5.74, 6) is 1.76. The third kappa shape index (κ3) is 21.0. The number of rotatable bonds is 27. The molecule has 8 aromatic heterocycles. The van der Waals surface area contributed by atoms with Gasteiger partial charge in [0.1, 0.15) is 65.0 Å². The number of alkyl halides is 4. The number of fused-ring (bicyclic) bond motifs is 4. The molecular weight excluding hydrogens is 1780 g/mol. The third-order valence-corrected chi connectivity index (χ3v) is 34.6. The quantitative estimate of drug-likeness (QED) is 0.00987. The first kappa shape index (κ1) is 94.2. The van der Waals surface area contributed by atoms with Gasteiger partial charge in [-0.2, -0.15) is 39.9 Å². The van der Waals surface area contributed by atoms with Crippen LogP contribution in [0.2, 0.25) is 92.1 Å². The Labute approximate surface area is 741 Å². The Hall–Kier alpha value is -8.45. The van der Waals surface area contributed by atoms with E-state index in [1.165, 1.54) is 70.4 Å². The monoisotopic (exact) mass is 1870 g/mol. The van der Waals surface area contributed by atoms with Crippen LogP contribution in [0.25, 0.3) is 44.7 Å². The number of anilines is 5. The van der Waals surface area contributed by atoms with Gasteiger partial charge in [0.05, 0.1) is 59.8 Å². The van der Waals surface area contributed by atoms with Gasteiger partial charge in [-0.1, -0.05) is 189 Å². The van der Waals surface area contributed by atoms with Gasteiger partial charge in [-0.15, -0.1) is 0 Å². The summed E-state index contributed by atoms with van der Waals surface area (Å²) in [6.07, 6.45) is -13.4. The number of nitrogens with one attached hydrogen (secondary N) is 4. The lowest BCUT2D eigenvalue weighted by molar-refractivity contribution is -0.0459. The lowest BCUT2D eigenvalue weighted by Crippen LogP contribution is -2.55. The van der Waals surface area contributed by atoms with Crippen molar-refractivity contribution in [2.24, 2.45) is 0 Å². The van der Waals surface area contributed by atoms with E-state index in [1.54, 1.807) is 0 Å². The maximum absolute atomic E-state index is 14.7. The summed E-state index contributed by atoms with van der Waals surface area (Å²) in [7, 11) is -6.34. The van der Waals surface area contributed by atoms with Crippen LogP contribution in [0.15, 0.2) is 135 Å². The van der Waals surface area contributed by atoms with Crippen molar-refractivity contribution in [1.82, 2.24) is 78.1 Å². The largest absolute Gasteiger partial charge is 0.394 e. The number of aryl methyl sites for hydroxylation is 1. The van der Waals surface area contributed by atoms with Gasteiger partial charge in [0, 0.05) is 33.0 Å². The highest BCUT2D eigenvalue weighted by Crippen LogP contribution is 2.40. The van der Waals surface area contributed by atoms with Crippen LogP contribution in [-0.4, -0.2) is 270 Å². The minimum Gasteiger partial charge on any atom is -0.394 e. The van der Waals surface area contributed by atoms with Crippen LogP contribution in [0.1, 0.15) is 43.3 Å². The number of halogens is 8. The average molecular weight is 1880 g/mol. The average Bonchev–Trinajstić information content (AvgIpc) is 1.61.